The molecule has 1 aromatic carbocycles. The third kappa shape index (κ3) is 4.25. The van der Waals surface area contributed by atoms with Crippen molar-refractivity contribution in [2.45, 2.75) is 26.4 Å². The predicted molar refractivity (Wildman–Crippen MR) is 131 cm³/mol. The van der Waals surface area contributed by atoms with Crippen LogP contribution in [0.15, 0.2) is 36.5 Å². The van der Waals surface area contributed by atoms with E-state index in [-0.39, 0.29) is 17.7 Å². The van der Waals surface area contributed by atoms with Gasteiger partial charge in [-0.1, -0.05) is 29.5 Å². The third-order valence-electron chi connectivity index (χ3n) is 6.39. The van der Waals surface area contributed by atoms with Crippen LogP contribution in [0.1, 0.15) is 33.0 Å². The quantitative estimate of drug-likeness (QED) is 0.550. The van der Waals surface area contributed by atoms with Gasteiger partial charge in [0.15, 0.2) is 5.13 Å². The lowest BCUT2D eigenvalue weighted by atomic mass is 9.99. The van der Waals surface area contributed by atoms with E-state index < -0.39 is 5.92 Å². The molecule has 1 saturated heterocycles. The zero-order chi connectivity index (χ0) is 24.7. The van der Waals surface area contributed by atoms with Gasteiger partial charge in [-0.3, -0.25) is 24.7 Å². The molecule has 3 amide bonds. The highest BCUT2D eigenvalue weighted by atomic mass is 32.1. The van der Waals surface area contributed by atoms with E-state index in [1.165, 1.54) is 11.3 Å². The van der Waals surface area contributed by atoms with Gasteiger partial charge >= 0.3 is 0 Å². The van der Waals surface area contributed by atoms with Crippen LogP contribution >= 0.6 is 11.3 Å². The Labute approximate surface area is 206 Å². The normalized spacial score (nSPS) is 17.0. The summed E-state index contributed by atoms with van der Waals surface area (Å²) in [5.41, 5.74) is 3.47. The highest BCUT2D eigenvalue weighted by Crippen LogP contribution is 2.35. The van der Waals surface area contributed by atoms with Crippen molar-refractivity contribution < 1.29 is 19.1 Å². The van der Waals surface area contributed by atoms with Crippen LogP contribution in [-0.2, 0) is 22.7 Å². The first kappa shape index (κ1) is 23.0. The number of hydrogen-bond acceptors (Lipinski definition) is 7. The van der Waals surface area contributed by atoms with Crippen LogP contribution in [0.4, 0.5) is 5.13 Å². The summed E-state index contributed by atoms with van der Waals surface area (Å²) in [6, 6.07) is 9.38. The molecule has 4 heterocycles. The van der Waals surface area contributed by atoms with Gasteiger partial charge in [-0.15, -0.1) is 0 Å². The summed E-state index contributed by atoms with van der Waals surface area (Å²) in [4.78, 5) is 51.3. The molecule has 0 unspecified atom stereocenters. The molecule has 2 aromatic heterocycles. The molecule has 35 heavy (non-hydrogen) atoms. The monoisotopic (exact) mass is 491 g/mol. The van der Waals surface area contributed by atoms with Gasteiger partial charge in [0, 0.05) is 36.6 Å². The Morgan fingerprint density at radius 2 is 2.00 bits per heavy atom. The smallest absolute Gasteiger partial charge is 0.259 e. The van der Waals surface area contributed by atoms with E-state index in [9.17, 15) is 14.4 Å². The van der Waals surface area contributed by atoms with Gasteiger partial charge in [-0.2, -0.15) is 0 Å². The number of aromatic nitrogens is 2. The number of benzene rings is 1. The Bertz CT molecular complexity index is 1310. The van der Waals surface area contributed by atoms with Crippen molar-refractivity contribution in [3.05, 3.63) is 58.4 Å². The van der Waals surface area contributed by atoms with E-state index in [1.807, 2.05) is 37.3 Å². The number of methoxy groups -OCH3 is 1. The topological polar surface area (TPSA) is 105 Å². The molecular formula is C25H25N5O4S. The van der Waals surface area contributed by atoms with Gasteiger partial charge in [-0.25, -0.2) is 4.98 Å². The van der Waals surface area contributed by atoms with E-state index in [0.29, 0.717) is 42.5 Å². The maximum atomic E-state index is 13.2. The molecule has 1 atom stereocenters. The summed E-state index contributed by atoms with van der Waals surface area (Å²) < 4.78 is 5.49. The van der Waals surface area contributed by atoms with Crippen LogP contribution < -0.4 is 10.1 Å². The number of anilines is 1. The second-order valence-corrected chi connectivity index (χ2v) is 9.79. The lowest BCUT2D eigenvalue weighted by Crippen LogP contribution is -2.36. The van der Waals surface area contributed by atoms with E-state index in [2.05, 4.69) is 15.3 Å². The van der Waals surface area contributed by atoms with Crippen LogP contribution in [0.5, 0.6) is 5.75 Å². The molecule has 0 aliphatic carbocycles. The molecular weight excluding hydrogens is 466 g/mol. The van der Waals surface area contributed by atoms with Crippen molar-refractivity contribution in [2.24, 2.45) is 5.92 Å². The van der Waals surface area contributed by atoms with Crippen molar-refractivity contribution in [3.63, 3.8) is 0 Å². The third-order valence-corrected chi connectivity index (χ3v) is 7.39. The molecule has 2 aliphatic heterocycles. The maximum absolute atomic E-state index is 13.2. The van der Waals surface area contributed by atoms with Crippen LogP contribution in [0.25, 0.3) is 11.1 Å². The van der Waals surface area contributed by atoms with Crippen molar-refractivity contribution in [3.8, 4) is 16.9 Å². The average molecular weight is 492 g/mol. The summed E-state index contributed by atoms with van der Waals surface area (Å²) in [7, 11) is 3.31. The number of carbonyl (C=O) groups excluding carboxylic acids is 3. The molecule has 0 saturated carbocycles. The van der Waals surface area contributed by atoms with Gasteiger partial charge in [-0.05, 0) is 25.5 Å². The number of carbonyl (C=O) groups is 3. The second-order valence-electron chi connectivity index (χ2n) is 8.71. The minimum absolute atomic E-state index is 0.122. The Kier molecular flexibility index (Phi) is 5.98. The first-order chi connectivity index (χ1) is 16.9. The fraction of sp³-hybridized carbons (Fsp3) is 0.320. The number of ether oxygens (including phenoxy) is 1. The Hall–Kier alpha value is -3.79. The number of thiazole rings is 1. The van der Waals surface area contributed by atoms with Gasteiger partial charge in [0.25, 0.3) is 5.91 Å². The molecule has 1 fully saturated rings. The van der Waals surface area contributed by atoms with Gasteiger partial charge in [0.05, 0.1) is 36.3 Å². The number of fused-ring (bicyclic) bond motifs is 1. The van der Waals surface area contributed by atoms with E-state index in [1.54, 1.807) is 30.2 Å². The van der Waals surface area contributed by atoms with Gasteiger partial charge < -0.3 is 14.5 Å². The number of nitrogens with one attached hydrogen (secondary N) is 1. The van der Waals surface area contributed by atoms with Crippen molar-refractivity contribution >= 4 is 34.2 Å². The Morgan fingerprint density at radius 3 is 2.71 bits per heavy atom. The standard InChI is InChI=1S/C25H25N5O4S/c1-14-10-17(15-6-4-5-7-20(15)34-3)18(11-26-14)22(31)28-25-27-19-12-30(13-21(19)35-25)24(33)16-8-9-29(2)23(16)32/h4-7,10-11,16H,8-9,12-13H2,1-3H3,(H,27,28,31)/t16-/m1/s1. The van der Waals surface area contributed by atoms with Gasteiger partial charge in [0.1, 0.15) is 11.7 Å². The van der Waals surface area contributed by atoms with E-state index >= 15 is 0 Å². The average Bonchev–Trinajstić information content (AvgIpc) is 3.52. The number of nitrogens with zero attached hydrogens (tertiary/aromatic N) is 4. The summed E-state index contributed by atoms with van der Waals surface area (Å²) in [6.45, 7) is 3.21. The highest BCUT2D eigenvalue weighted by molar-refractivity contribution is 7.16. The first-order valence-electron chi connectivity index (χ1n) is 11.3. The van der Waals surface area contributed by atoms with Crippen molar-refractivity contribution in [1.29, 1.82) is 0 Å². The molecule has 10 heteroatoms. The van der Waals surface area contributed by atoms with Crippen LogP contribution in [0, 0.1) is 12.8 Å². The Morgan fingerprint density at radius 1 is 1.20 bits per heavy atom. The van der Waals surface area contributed by atoms with Crippen LogP contribution in [-0.4, -0.2) is 58.2 Å². The highest BCUT2D eigenvalue weighted by Gasteiger charge is 2.39. The zero-order valence-electron chi connectivity index (χ0n) is 19.7. The van der Waals surface area contributed by atoms with E-state index in [0.717, 1.165) is 27.4 Å². The minimum Gasteiger partial charge on any atom is -0.496 e. The number of rotatable bonds is 5. The van der Waals surface area contributed by atoms with Crippen LogP contribution in [0.3, 0.4) is 0 Å². The minimum atomic E-state index is -0.601. The molecule has 0 radical (unpaired) electrons. The largest absolute Gasteiger partial charge is 0.496 e. The lowest BCUT2D eigenvalue weighted by molar-refractivity contribution is -0.143. The van der Waals surface area contributed by atoms with Gasteiger partial charge in [0.2, 0.25) is 11.8 Å². The van der Waals surface area contributed by atoms with Crippen molar-refractivity contribution in [1.82, 2.24) is 19.8 Å². The molecule has 2 aliphatic rings. The number of para-hydroxylation sites is 1. The molecule has 3 aromatic rings. The Balaban J connectivity index is 1.33. The maximum Gasteiger partial charge on any atom is 0.259 e. The number of hydrogen-bond donors (Lipinski definition) is 1. The summed E-state index contributed by atoms with van der Waals surface area (Å²) >= 11 is 1.35. The molecule has 180 valence electrons. The summed E-state index contributed by atoms with van der Waals surface area (Å²) in [5.74, 6) is -0.530. The zero-order valence-corrected chi connectivity index (χ0v) is 20.5. The number of amides is 3. The fourth-order valence-corrected chi connectivity index (χ4v) is 5.50. The summed E-state index contributed by atoms with van der Waals surface area (Å²) in [5, 5.41) is 3.36. The second kappa shape index (κ2) is 9.10. The van der Waals surface area contributed by atoms with E-state index in [4.69, 9.17) is 4.74 Å². The fourth-order valence-electron chi connectivity index (χ4n) is 4.52. The molecule has 9 nitrogen and oxygen atoms in total. The van der Waals surface area contributed by atoms with Crippen molar-refractivity contribution in [2.75, 3.05) is 26.0 Å². The summed E-state index contributed by atoms with van der Waals surface area (Å²) in [6.07, 6.45) is 2.11. The molecule has 1 N–H and O–H groups in total. The molecule has 5 rings (SSSR count). The number of pyridine rings is 1. The number of likely N-dealkylation sites (tertiary alicyclic amines) is 1. The predicted octanol–water partition coefficient (Wildman–Crippen LogP) is 3.09. The molecule has 0 spiro atoms. The number of aryl methyl sites for hydroxylation is 1. The lowest BCUT2D eigenvalue weighted by Gasteiger charge is -2.19. The molecule has 0 bridgehead atoms. The SMILES string of the molecule is COc1ccccc1-c1cc(C)ncc1C(=O)Nc1nc2c(s1)CN(C(=O)[C@@H]1CCN(C)C1=O)C2. The van der Waals surface area contributed by atoms with Crippen LogP contribution in [0.2, 0.25) is 0 Å². The first-order valence-corrected chi connectivity index (χ1v) is 12.1.